The van der Waals surface area contributed by atoms with Crippen LogP contribution in [0, 0.1) is 5.92 Å². The van der Waals surface area contributed by atoms with E-state index in [1.807, 2.05) is 37.3 Å². The zero-order valence-corrected chi connectivity index (χ0v) is 17.2. The highest BCUT2D eigenvalue weighted by atomic mass is 19.4. The molecule has 0 aliphatic carbocycles. The maximum atomic E-state index is 13.3. The first kappa shape index (κ1) is 21.9. The molecule has 2 amide bonds. The van der Waals surface area contributed by atoms with Crippen LogP contribution in [0.2, 0.25) is 0 Å². The van der Waals surface area contributed by atoms with Gasteiger partial charge in [0.15, 0.2) is 0 Å². The van der Waals surface area contributed by atoms with Crippen molar-refractivity contribution in [3.63, 3.8) is 0 Å². The molecule has 168 valence electrons. The summed E-state index contributed by atoms with van der Waals surface area (Å²) in [6.07, 6.45) is -5.35. The lowest BCUT2D eigenvalue weighted by atomic mass is 9.89. The lowest BCUT2D eigenvalue weighted by molar-refractivity contribution is -0.142. The highest BCUT2D eigenvalue weighted by Gasteiger charge is 2.47. The Kier molecular flexibility index (Phi) is 5.90. The van der Waals surface area contributed by atoms with E-state index in [0.717, 1.165) is 22.6 Å². The Morgan fingerprint density at radius 2 is 1.81 bits per heavy atom. The van der Waals surface area contributed by atoms with Gasteiger partial charge in [0.2, 0.25) is 6.10 Å². The molecule has 2 aromatic rings. The molecule has 0 bridgehead atoms. The van der Waals surface area contributed by atoms with Gasteiger partial charge >= 0.3 is 12.3 Å². The van der Waals surface area contributed by atoms with E-state index < -0.39 is 41.8 Å². The van der Waals surface area contributed by atoms with Crippen molar-refractivity contribution >= 4 is 17.7 Å². The molecule has 0 unspecified atom stereocenters. The van der Waals surface area contributed by atoms with Gasteiger partial charge in [-0.1, -0.05) is 54.5 Å². The summed E-state index contributed by atoms with van der Waals surface area (Å²) in [4.78, 5) is 32.1. The Hall–Kier alpha value is -3.36. The number of hydrogen-bond acceptors (Lipinski definition) is 5. The Balaban J connectivity index is 1.52. The van der Waals surface area contributed by atoms with Gasteiger partial charge in [0.05, 0.1) is 23.2 Å². The molecular formula is C23H21F3N2O4. The van der Waals surface area contributed by atoms with Crippen molar-refractivity contribution in [2.45, 2.75) is 38.1 Å². The molecule has 0 N–H and O–H groups in total. The first-order valence-corrected chi connectivity index (χ1v) is 10.2. The van der Waals surface area contributed by atoms with Gasteiger partial charge < -0.3 is 9.57 Å². The Morgan fingerprint density at radius 3 is 2.44 bits per heavy atom. The predicted octanol–water partition coefficient (Wildman–Crippen LogP) is 4.42. The van der Waals surface area contributed by atoms with Crippen molar-refractivity contribution in [1.29, 1.82) is 0 Å². The number of imide groups is 1. The fourth-order valence-electron chi connectivity index (χ4n) is 4.02. The number of rotatable bonds is 5. The van der Waals surface area contributed by atoms with Gasteiger partial charge in [-0.05, 0) is 36.1 Å². The van der Waals surface area contributed by atoms with Crippen LogP contribution in [-0.4, -0.2) is 41.4 Å². The highest BCUT2D eigenvalue weighted by Crippen LogP contribution is 2.32. The summed E-state index contributed by atoms with van der Waals surface area (Å²) >= 11 is 0. The number of hydrogen-bond donors (Lipinski definition) is 0. The number of carbonyl (C=O) groups is 2. The minimum absolute atomic E-state index is 0.0790. The van der Waals surface area contributed by atoms with Crippen molar-refractivity contribution in [2.24, 2.45) is 11.1 Å². The number of cyclic esters (lactones) is 1. The first-order valence-electron chi connectivity index (χ1n) is 10.2. The molecule has 6 nitrogen and oxygen atoms in total. The van der Waals surface area contributed by atoms with Gasteiger partial charge in [-0.15, -0.1) is 0 Å². The summed E-state index contributed by atoms with van der Waals surface area (Å²) in [6, 6.07) is 13.5. The minimum Gasteiger partial charge on any atom is -0.447 e. The van der Waals surface area contributed by atoms with Gasteiger partial charge in [-0.2, -0.15) is 13.2 Å². The molecular weight excluding hydrogens is 425 g/mol. The molecule has 1 fully saturated rings. The van der Waals surface area contributed by atoms with E-state index in [2.05, 4.69) is 5.16 Å². The standard InChI is InChI=1S/C23H21F3N2O4/c1-2-18-19(15-8-10-16(11-9-15)23(24,25)26)27-32-20(18)21(29)28-17(13-31-22(28)30)12-14-6-4-3-5-7-14/h3-11,17-18,20H,2,12-13H2,1H3/t17-,18-,20-/m0/s1. The number of carbonyl (C=O) groups excluding carboxylic acids is 2. The van der Waals surface area contributed by atoms with E-state index in [1.165, 1.54) is 12.1 Å². The molecule has 2 aromatic carbocycles. The number of amides is 2. The number of oxime groups is 1. The maximum Gasteiger partial charge on any atom is 0.417 e. The first-order chi connectivity index (χ1) is 15.3. The smallest absolute Gasteiger partial charge is 0.417 e. The molecule has 2 aliphatic rings. The Morgan fingerprint density at radius 1 is 1.12 bits per heavy atom. The van der Waals surface area contributed by atoms with Crippen LogP contribution in [0.4, 0.5) is 18.0 Å². The molecule has 4 rings (SSSR count). The van der Waals surface area contributed by atoms with Crippen LogP contribution >= 0.6 is 0 Å². The Labute approximate surface area is 182 Å². The number of ether oxygens (including phenoxy) is 1. The maximum absolute atomic E-state index is 13.3. The third-order valence-corrected chi connectivity index (χ3v) is 5.69. The molecule has 0 aromatic heterocycles. The van der Waals surface area contributed by atoms with Crippen LogP contribution < -0.4 is 0 Å². The van der Waals surface area contributed by atoms with Crippen molar-refractivity contribution in [3.05, 3.63) is 71.3 Å². The van der Waals surface area contributed by atoms with Crippen molar-refractivity contribution in [2.75, 3.05) is 6.61 Å². The van der Waals surface area contributed by atoms with Gasteiger partial charge in [-0.3, -0.25) is 4.79 Å². The minimum atomic E-state index is -4.45. The van der Waals surface area contributed by atoms with Crippen molar-refractivity contribution in [3.8, 4) is 0 Å². The van der Waals surface area contributed by atoms with Gasteiger partial charge in [-0.25, -0.2) is 9.69 Å². The fraction of sp³-hybridized carbons (Fsp3) is 0.348. The number of halogens is 3. The molecule has 1 saturated heterocycles. The molecule has 0 saturated carbocycles. The zero-order valence-electron chi connectivity index (χ0n) is 17.2. The van der Waals surface area contributed by atoms with Crippen molar-refractivity contribution < 1.29 is 32.3 Å². The van der Waals surface area contributed by atoms with E-state index in [0.29, 0.717) is 24.1 Å². The third-order valence-electron chi connectivity index (χ3n) is 5.69. The largest absolute Gasteiger partial charge is 0.447 e. The van der Waals surface area contributed by atoms with E-state index in [4.69, 9.17) is 9.57 Å². The normalized spacial score (nSPS) is 23.0. The average Bonchev–Trinajstić information content (AvgIpc) is 3.37. The number of nitrogens with zero attached hydrogens (tertiary/aromatic N) is 2. The predicted molar refractivity (Wildman–Crippen MR) is 109 cm³/mol. The van der Waals surface area contributed by atoms with E-state index in [1.54, 1.807) is 0 Å². The second kappa shape index (κ2) is 8.64. The van der Waals surface area contributed by atoms with Crippen LogP contribution in [0.5, 0.6) is 0 Å². The monoisotopic (exact) mass is 446 g/mol. The topological polar surface area (TPSA) is 68.2 Å². The summed E-state index contributed by atoms with van der Waals surface area (Å²) in [5.74, 6) is -1.07. The second-order valence-corrected chi connectivity index (χ2v) is 7.72. The SMILES string of the molecule is CC[C@H]1C(c2ccc(C(F)(F)F)cc2)=NO[C@@H]1C(=O)N1C(=O)OC[C@@H]1Cc1ccccc1. The summed E-state index contributed by atoms with van der Waals surface area (Å²) < 4.78 is 43.7. The van der Waals surface area contributed by atoms with Crippen LogP contribution in [0.25, 0.3) is 0 Å². The lowest BCUT2D eigenvalue weighted by Gasteiger charge is -2.24. The molecule has 2 aliphatic heterocycles. The van der Waals surface area contributed by atoms with E-state index >= 15 is 0 Å². The van der Waals surface area contributed by atoms with Crippen LogP contribution in [0.3, 0.4) is 0 Å². The Bertz CT molecular complexity index is 1020. The summed E-state index contributed by atoms with van der Waals surface area (Å²) in [6.45, 7) is 1.90. The quantitative estimate of drug-likeness (QED) is 0.682. The summed E-state index contributed by atoms with van der Waals surface area (Å²) in [5, 5.41) is 3.99. The summed E-state index contributed by atoms with van der Waals surface area (Å²) in [7, 11) is 0. The summed E-state index contributed by atoms with van der Waals surface area (Å²) in [5.41, 5.74) is 0.997. The second-order valence-electron chi connectivity index (χ2n) is 7.72. The van der Waals surface area contributed by atoms with Crippen molar-refractivity contribution in [1.82, 2.24) is 4.90 Å². The van der Waals surface area contributed by atoms with Gasteiger partial charge in [0, 0.05) is 0 Å². The number of benzene rings is 2. The molecule has 0 spiro atoms. The van der Waals surface area contributed by atoms with Crippen LogP contribution in [-0.2, 0) is 27.0 Å². The molecule has 32 heavy (non-hydrogen) atoms. The average molecular weight is 446 g/mol. The van der Waals surface area contributed by atoms with Crippen LogP contribution in [0.15, 0.2) is 59.8 Å². The number of alkyl halides is 3. The molecule has 0 radical (unpaired) electrons. The molecule has 9 heteroatoms. The van der Waals surface area contributed by atoms with E-state index in [9.17, 15) is 22.8 Å². The zero-order chi connectivity index (χ0) is 22.9. The van der Waals surface area contributed by atoms with E-state index in [-0.39, 0.29) is 6.61 Å². The molecule has 2 heterocycles. The van der Waals surface area contributed by atoms with Gasteiger partial charge in [0.1, 0.15) is 6.61 Å². The van der Waals surface area contributed by atoms with Crippen LogP contribution in [0.1, 0.15) is 30.0 Å². The fourth-order valence-corrected chi connectivity index (χ4v) is 4.02. The lowest BCUT2D eigenvalue weighted by Crippen LogP contribution is -2.48. The third kappa shape index (κ3) is 4.19. The van der Waals surface area contributed by atoms with Gasteiger partial charge in [0.25, 0.3) is 5.91 Å². The highest BCUT2D eigenvalue weighted by molar-refractivity contribution is 6.07. The molecule has 3 atom stereocenters.